The summed E-state index contributed by atoms with van der Waals surface area (Å²) < 4.78 is 11.0. The summed E-state index contributed by atoms with van der Waals surface area (Å²) in [6.07, 6.45) is 5.14. The Labute approximate surface area is 153 Å². The van der Waals surface area contributed by atoms with Gasteiger partial charge in [0.2, 0.25) is 5.91 Å². The molecule has 1 aromatic rings. The van der Waals surface area contributed by atoms with Crippen LogP contribution in [-0.4, -0.2) is 55.0 Å². The second-order valence-corrected chi connectivity index (χ2v) is 7.39. The Hall–Kier alpha value is -2.08. The highest BCUT2D eigenvalue weighted by Gasteiger charge is 2.32. The fraction of sp³-hybridized carbons (Fsp3) is 0.600. The van der Waals surface area contributed by atoms with E-state index in [4.69, 9.17) is 9.47 Å². The number of ketones is 1. The number of carbonyl (C=O) groups is 2. The second-order valence-electron chi connectivity index (χ2n) is 7.39. The summed E-state index contributed by atoms with van der Waals surface area (Å²) in [5.74, 6) is 1.21. The molecule has 4 rings (SSSR count). The lowest BCUT2D eigenvalue weighted by atomic mass is 10.0. The van der Waals surface area contributed by atoms with Gasteiger partial charge >= 0.3 is 0 Å². The van der Waals surface area contributed by atoms with Gasteiger partial charge < -0.3 is 19.7 Å². The molecule has 1 saturated heterocycles. The van der Waals surface area contributed by atoms with E-state index < -0.39 is 0 Å². The maximum Gasteiger partial charge on any atom is 0.220 e. The molecule has 0 atom stereocenters. The zero-order valence-corrected chi connectivity index (χ0v) is 15.0. The van der Waals surface area contributed by atoms with Crippen LogP contribution in [0.2, 0.25) is 0 Å². The van der Waals surface area contributed by atoms with Crippen molar-refractivity contribution < 1.29 is 19.1 Å². The number of carbonyl (C=O) groups excluding carboxylic acids is 2. The van der Waals surface area contributed by atoms with Crippen LogP contribution in [0, 0.1) is 0 Å². The number of amides is 1. The van der Waals surface area contributed by atoms with E-state index in [9.17, 15) is 9.59 Å². The minimum absolute atomic E-state index is 0.0271. The third-order valence-corrected chi connectivity index (χ3v) is 5.40. The minimum atomic E-state index is -0.0410. The van der Waals surface area contributed by atoms with Crippen LogP contribution in [-0.2, 0) is 4.79 Å². The Balaban J connectivity index is 1.22. The third-order valence-electron chi connectivity index (χ3n) is 5.40. The van der Waals surface area contributed by atoms with Gasteiger partial charge in [0.1, 0.15) is 13.2 Å². The largest absolute Gasteiger partial charge is 0.486 e. The Kier molecular flexibility index (Phi) is 5.11. The molecule has 0 radical (unpaired) electrons. The fourth-order valence-corrected chi connectivity index (χ4v) is 3.74. The highest BCUT2D eigenvalue weighted by Crippen LogP contribution is 2.31. The molecule has 0 bridgehead atoms. The highest BCUT2D eigenvalue weighted by atomic mass is 16.6. The maximum atomic E-state index is 12.4. The van der Waals surface area contributed by atoms with E-state index in [1.54, 1.807) is 18.2 Å². The zero-order valence-electron chi connectivity index (χ0n) is 15.0. The number of rotatable bonds is 6. The summed E-state index contributed by atoms with van der Waals surface area (Å²) in [4.78, 5) is 27.1. The van der Waals surface area contributed by atoms with Gasteiger partial charge in [0.15, 0.2) is 17.3 Å². The van der Waals surface area contributed by atoms with Gasteiger partial charge in [0.05, 0.1) is 0 Å². The first-order valence-electron chi connectivity index (χ1n) is 9.65. The molecule has 140 valence electrons. The lowest BCUT2D eigenvalue weighted by Gasteiger charge is -2.32. The Morgan fingerprint density at radius 3 is 2.46 bits per heavy atom. The predicted molar refractivity (Wildman–Crippen MR) is 96.8 cm³/mol. The molecular weight excluding hydrogens is 332 g/mol. The molecule has 2 heterocycles. The van der Waals surface area contributed by atoms with E-state index in [1.165, 1.54) is 12.8 Å². The summed E-state index contributed by atoms with van der Waals surface area (Å²) in [5, 5.41) is 3.09. The molecule has 2 fully saturated rings. The van der Waals surface area contributed by atoms with Gasteiger partial charge in [-0.2, -0.15) is 0 Å². The van der Waals surface area contributed by atoms with Crippen LogP contribution in [0.4, 0.5) is 0 Å². The lowest BCUT2D eigenvalue weighted by molar-refractivity contribution is -0.122. The number of hydrogen-bond donors (Lipinski definition) is 1. The summed E-state index contributed by atoms with van der Waals surface area (Å²) in [5.41, 5.74) is 0.569. The van der Waals surface area contributed by atoms with Crippen LogP contribution >= 0.6 is 0 Å². The molecule has 1 saturated carbocycles. The van der Waals surface area contributed by atoms with E-state index in [0.717, 1.165) is 32.0 Å². The van der Waals surface area contributed by atoms with E-state index in [0.29, 0.717) is 30.3 Å². The molecule has 6 nitrogen and oxygen atoms in total. The lowest BCUT2D eigenvalue weighted by Crippen LogP contribution is -2.45. The Morgan fingerprint density at radius 1 is 1.00 bits per heavy atom. The average molecular weight is 358 g/mol. The molecule has 2 aliphatic heterocycles. The van der Waals surface area contributed by atoms with Crippen LogP contribution in [0.25, 0.3) is 0 Å². The van der Waals surface area contributed by atoms with Crippen molar-refractivity contribution in [3.8, 4) is 11.5 Å². The maximum absolute atomic E-state index is 12.4. The van der Waals surface area contributed by atoms with E-state index in [2.05, 4.69) is 10.2 Å². The molecule has 3 aliphatic rings. The molecule has 26 heavy (non-hydrogen) atoms. The number of piperidine rings is 1. The number of benzene rings is 1. The van der Waals surface area contributed by atoms with Crippen molar-refractivity contribution in [1.82, 2.24) is 10.2 Å². The van der Waals surface area contributed by atoms with Gasteiger partial charge in [-0.05, 0) is 43.9 Å². The van der Waals surface area contributed by atoms with Gasteiger partial charge in [-0.15, -0.1) is 0 Å². The van der Waals surface area contributed by atoms with Crippen molar-refractivity contribution in [2.75, 3.05) is 26.3 Å². The van der Waals surface area contributed by atoms with Gasteiger partial charge in [0, 0.05) is 43.6 Å². The average Bonchev–Trinajstić information content (AvgIpc) is 3.51. The molecule has 1 N–H and O–H groups in total. The normalized spacial score (nSPS) is 20.6. The van der Waals surface area contributed by atoms with Crippen molar-refractivity contribution in [2.45, 2.75) is 50.6 Å². The standard InChI is InChI=1S/C20H26N2O4/c23-17(14-1-5-18-19(13-14)26-12-11-25-18)4-6-20(24)21-15-7-9-22(10-8-15)16-2-3-16/h1,5,13,15-16H,2-4,6-12H2,(H,21,24). The van der Waals surface area contributed by atoms with Gasteiger partial charge in [-0.25, -0.2) is 0 Å². The minimum Gasteiger partial charge on any atom is -0.486 e. The van der Waals surface area contributed by atoms with Crippen molar-refractivity contribution in [3.63, 3.8) is 0 Å². The number of nitrogens with zero attached hydrogens (tertiary/aromatic N) is 1. The van der Waals surface area contributed by atoms with Crippen LogP contribution in [0.1, 0.15) is 48.9 Å². The molecule has 0 unspecified atom stereocenters. The van der Waals surface area contributed by atoms with Crippen LogP contribution < -0.4 is 14.8 Å². The topological polar surface area (TPSA) is 67.9 Å². The van der Waals surface area contributed by atoms with Crippen LogP contribution in [0.15, 0.2) is 18.2 Å². The molecule has 0 spiro atoms. The number of ether oxygens (including phenoxy) is 2. The van der Waals surface area contributed by atoms with E-state index in [-0.39, 0.29) is 30.6 Å². The fourth-order valence-electron chi connectivity index (χ4n) is 3.74. The van der Waals surface area contributed by atoms with Gasteiger partial charge in [-0.1, -0.05) is 0 Å². The molecular formula is C20H26N2O4. The summed E-state index contributed by atoms with van der Waals surface area (Å²) in [7, 11) is 0. The van der Waals surface area contributed by atoms with Gasteiger partial charge in [-0.3, -0.25) is 9.59 Å². The molecule has 6 heteroatoms. The molecule has 0 aromatic heterocycles. The SMILES string of the molecule is O=C(CCC(=O)c1ccc2c(c1)OCCO2)NC1CCN(C2CC2)CC1. The number of nitrogens with one attached hydrogen (secondary N) is 1. The number of hydrogen-bond acceptors (Lipinski definition) is 5. The molecule has 1 aromatic carbocycles. The highest BCUT2D eigenvalue weighted by molar-refractivity contribution is 5.98. The van der Waals surface area contributed by atoms with Gasteiger partial charge in [0.25, 0.3) is 0 Å². The monoisotopic (exact) mass is 358 g/mol. The summed E-state index contributed by atoms with van der Waals surface area (Å²) in [6.45, 7) is 3.17. The number of fused-ring (bicyclic) bond motifs is 1. The van der Waals surface area contributed by atoms with Crippen molar-refractivity contribution in [2.24, 2.45) is 0 Å². The molecule has 1 aliphatic carbocycles. The summed E-state index contributed by atoms with van der Waals surface area (Å²) in [6, 6.07) is 6.26. The second kappa shape index (κ2) is 7.66. The van der Waals surface area contributed by atoms with Crippen molar-refractivity contribution >= 4 is 11.7 Å². The number of Topliss-reactive ketones (excluding diaryl/α,β-unsaturated/α-hetero) is 1. The number of likely N-dealkylation sites (tertiary alicyclic amines) is 1. The Bertz CT molecular complexity index is 678. The van der Waals surface area contributed by atoms with Crippen molar-refractivity contribution in [3.05, 3.63) is 23.8 Å². The third kappa shape index (κ3) is 4.18. The van der Waals surface area contributed by atoms with Crippen LogP contribution in [0.5, 0.6) is 11.5 Å². The molecule has 1 amide bonds. The smallest absolute Gasteiger partial charge is 0.220 e. The first-order valence-corrected chi connectivity index (χ1v) is 9.65. The van der Waals surface area contributed by atoms with E-state index >= 15 is 0 Å². The summed E-state index contributed by atoms with van der Waals surface area (Å²) >= 11 is 0. The zero-order chi connectivity index (χ0) is 17.9. The van der Waals surface area contributed by atoms with E-state index in [1.807, 2.05) is 0 Å². The van der Waals surface area contributed by atoms with Crippen LogP contribution in [0.3, 0.4) is 0 Å². The Morgan fingerprint density at radius 2 is 1.73 bits per heavy atom. The quantitative estimate of drug-likeness (QED) is 0.790. The first-order chi connectivity index (χ1) is 12.7. The van der Waals surface area contributed by atoms with Crippen molar-refractivity contribution in [1.29, 1.82) is 0 Å². The first kappa shape index (κ1) is 17.3. The predicted octanol–water partition coefficient (Wildman–Crippen LogP) is 2.16.